The highest BCUT2D eigenvalue weighted by atomic mass is 16.5. The van der Waals surface area contributed by atoms with Gasteiger partial charge in [-0.3, -0.25) is 0 Å². The number of rotatable bonds is 13. The van der Waals surface area contributed by atoms with Crippen molar-refractivity contribution < 1.29 is 9.84 Å². The van der Waals surface area contributed by atoms with Crippen molar-refractivity contribution in [2.45, 2.75) is 71.3 Å². The second-order valence-corrected chi connectivity index (χ2v) is 6.17. The maximum Gasteiger partial charge on any atom is 0.0897 e. The predicted molar refractivity (Wildman–Crippen MR) is 80.4 cm³/mol. The van der Waals surface area contributed by atoms with E-state index in [1.54, 1.807) is 0 Å². The van der Waals surface area contributed by atoms with Crippen molar-refractivity contribution in [2.24, 2.45) is 5.41 Å². The average molecular weight is 271 g/mol. The molecule has 1 aliphatic carbocycles. The Morgan fingerprint density at radius 2 is 1.95 bits per heavy atom. The highest BCUT2D eigenvalue weighted by molar-refractivity contribution is 4.94. The Morgan fingerprint density at radius 1 is 1.16 bits per heavy atom. The third-order valence-corrected chi connectivity index (χ3v) is 4.07. The van der Waals surface area contributed by atoms with Gasteiger partial charge in [-0.05, 0) is 31.1 Å². The molecule has 0 amide bonds. The zero-order chi connectivity index (χ0) is 14.0. The molecular weight excluding hydrogens is 238 g/mol. The predicted octanol–water partition coefficient (Wildman–Crippen LogP) is 3.11. The average Bonchev–Trinajstić information content (AvgIpc) is 3.14. The summed E-state index contributed by atoms with van der Waals surface area (Å²) >= 11 is 0. The van der Waals surface area contributed by atoms with Gasteiger partial charge in [0.25, 0.3) is 0 Å². The second-order valence-electron chi connectivity index (χ2n) is 6.17. The topological polar surface area (TPSA) is 41.5 Å². The lowest BCUT2D eigenvalue weighted by Crippen LogP contribution is -2.34. The van der Waals surface area contributed by atoms with Crippen molar-refractivity contribution in [1.29, 1.82) is 0 Å². The molecule has 1 aliphatic rings. The molecule has 1 fully saturated rings. The minimum atomic E-state index is -0.358. The van der Waals surface area contributed by atoms with Crippen molar-refractivity contribution in [1.82, 2.24) is 5.32 Å². The molecule has 3 heteroatoms. The molecule has 0 bridgehead atoms. The molecule has 114 valence electrons. The zero-order valence-corrected chi connectivity index (χ0v) is 12.9. The normalized spacial score (nSPS) is 18.5. The quantitative estimate of drug-likeness (QED) is 0.506. The Morgan fingerprint density at radius 3 is 2.58 bits per heavy atom. The van der Waals surface area contributed by atoms with Crippen molar-refractivity contribution in [3.63, 3.8) is 0 Å². The molecule has 1 atom stereocenters. The van der Waals surface area contributed by atoms with Crippen LogP contribution in [0, 0.1) is 5.41 Å². The standard InChI is InChI=1S/C16H33NO2/c1-3-5-6-7-11-19-13-15(18)12-17-14-16(8-4-2)9-10-16/h15,17-18H,3-14H2,1-2H3. The molecular formula is C16H33NO2. The van der Waals surface area contributed by atoms with Crippen LogP contribution in [0.5, 0.6) is 0 Å². The van der Waals surface area contributed by atoms with Gasteiger partial charge in [0.15, 0.2) is 0 Å². The first kappa shape index (κ1) is 16.9. The van der Waals surface area contributed by atoms with Gasteiger partial charge in [0.05, 0.1) is 12.7 Å². The van der Waals surface area contributed by atoms with E-state index in [4.69, 9.17) is 4.74 Å². The summed E-state index contributed by atoms with van der Waals surface area (Å²) in [6.45, 7) is 7.45. The van der Waals surface area contributed by atoms with Gasteiger partial charge in [-0.25, -0.2) is 0 Å². The van der Waals surface area contributed by atoms with E-state index in [0.717, 1.165) is 19.6 Å². The molecule has 0 aromatic rings. The van der Waals surface area contributed by atoms with Crippen LogP contribution in [0.3, 0.4) is 0 Å². The second kappa shape index (κ2) is 9.73. The first-order valence-electron chi connectivity index (χ1n) is 8.19. The number of hydrogen-bond acceptors (Lipinski definition) is 3. The Hall–Kier alpha value is -0.120. The van der Waals surface area contributed by atoms with Gasteiger partial charge in [0, 0.05) is 19.7 Å². The lowest BCUT2D eigenvalue weighted by molar-refractivity contribution is 0.0349. The first-order valence-corrected chi connectivity index (χ1v) is 8.19. The molecule has 0 spiro atoms. The molecule has 3 nitrogen and oxygen atoms in total. The van der Waals surface area contributed by atoms with Crippen LogP contribution in [0.15, 0.2) is 0 Å². The number of aliphatic hydroxyl groups excluding tert-OH is 1. The third kappa shape index (κ3) is 7.91. The molecule has 2 N–H and O–H groups in total. The summed E-state index contributed by atoms with van der Waals surface area (Å²) in [7, 11) is 0. The number of aliphatic hydroxyl groups is 1. The van der Waals surface area contributed by atoms with Gasteiger partial charge in [-0.15, -0.1) is 0 Å². The third-order valence-electron chi connectivity index (χ3n) is 4.07. The van der Waals surface area contributed by atoms with Crippen LogP contribution in [0.25, 0.3) is 0 Å². The number of ether oxygens (including phenoxy) is 1. The van der Waals surface area contributed by atoms with E-state index >= 15 is 0 Å². The van der Waals surface area contributed by atoms with Crippen LogP contribution >= 0.6 is 0 Å². The molecule has 0 saturated heterocycles. The summed E-state index contributed by atoms with van der Waals surface area (Å²) in [6, 6.07) is 0. The Balaban J connectivity index is 1.89. The summed E-state index contributed by atoms with van der Waals surface area (Å²) in [5, 5.41) is 13.2. The van der Waals surface area contributed by atoms with E-state index in [0.29, 0.717) is 18.6 Å². The molecule has 0 radical (unpaired) electrons. The van der Waals surface area contributed by atoms with Crippen LogP contribution in [0.4, 0.5) is 0 Å². The summed E-state index contributed by atoms with van der Waals surface area (Å²) in [4.78, 5) is 0. The van der Waals surface area contributed by atoms with Gasteiger partial charge in [-0.1, -0.05) is 39.5 Å². The molecule has 1 unspecified atom stereocenters. The minimum Gasteiger partial charge on any atom is -0.389 e. The van der Waals surface area contributed by atoms with Crippen LogP contribution < -0.4 is 5.32 Å². The van der Waals surface area contributed by atoms with Crippen molar-refractivity contribution in [3.8, 4) is 0 Å². The van der Waals surface area contributed by atoms with Crippen LogP contribution in [-0.2, 0) is 4.74 Å². The fourth-order valence-corrected chi connectivity index (χ4v) is 2.64. The lowest BCUT2D eigenvalue weighted by atomic mass is 10.0. The molecule has 0 aliphatic heterocycles. The van der Waals surface area contributed by atoms with E-state index in [-0.39, 0.29) is 6.10 Å². The molecule has 0 aromatic carbocycles. The Bertz CT molecular complexity index is 217. The van der Waals surface area contributed by atoms with Crippen molar-refractivity contribution in [3.05, 3.63) is 0 Å². The highest BCUT2D eigenvalue weighted by Crippen LogP contribution is 2.48. The van der Waals surface area contributed by atoms with Crippen molar-refractivity contribution >= 4 is 0 Å². The monoisotopic (exact) mass is 271 g/mol. The molecule has 1 saturated carbocycles. The zero-order valence-electron chi connectivity index (χ0n) is 12.9. The van der Waals surface area contributed by atoms with Crippen LogP contribution in [0.2, 0.25) is 0 Å². The summed E-state index contributed by atoms with van der Waals surface area (Å²) in [5.74, 6) is 0. The number of nitrogens with one attached hydrogen (secondary N) is 1. The van der Waals surface area contributed by atoms with Gasteiger partial charge in [0.2, 0.25) is 0 Å². The Labute approximate surface area is 119 Å². The first-order chi connectivity index (χ1) is 9.22. The fourth-order valence-electron chi connectivity index (χ4n) is 2.64. The summed E-state index contributed by atoms with van der Waals surface area (Å²) in [5.41, 5.74) is 0.565. The minimum absolute atomic E-state index is 0.358. The van der Waals surface area contributed by atoms with Gasteiger partial charge < -0.3 is 15.2 Å². The van der Waals surface area contributed by atoms with Gasteiger partial charge in [0.1, 0.15) is 0 Å². The van der Waals surface area contributed by atoms with E-state index in [9.17, 15) is 5.11 Å². The maximum absolute atomic E-state index is 9.81. The van der Waals surface area contributed by atoms with Crippen LogP contribution in [0.1, 0.15) is 65.2 Å². The van der Waals surface area contributed by atoms with E-state index in [1.807, 2.05) is 0 Å². The molecule has 0 heterocycles. The van der Waals surface area contributed by atoms with Crippen LogP contribution in [-0.4, -0.2) is 37.5 Å². The SMILES string of the molecule is CCCCCCOCC(O)CNCC1(CCC)CC1. The van der Waals surface area contributed by atoms with Crippen molar-refractivity contribution in [2.75, 3.05) is 26.3 Å². The smallest absolute Gasteiger partial charge is 0.0897 e. The van der Waals surface area contributed by atoms with E-state index in [2.05, 4.69) is 19.2 Å². The Kier molecular flexibility index (Phi) is 8.67. The maximum atomic E-state index is 9.81. The lowest BCUT2D eigenvalue weighted by Gasteiger charge is -2.17. The van der Waals surface area contributed by atoms with Gasteiger partial charge in [-0.2, -0.15) is 0 Å². The number of hydrogen-bond donors (Lipinski definition) is 2. The summed E-state index contributed by atoms with van der Waals surface area (Å²) < 4.78 is 5.50. The van der Waals surface area contributed by atoms with E-state index < -0.39 is 0 Å². The van der Waals surface area contributed by atoms with Gasteiger partial charge >= 0.3 is 0 Å². The number of unbranched alkanes of at least 4 members (excludes halogenated alkanes) is 3. The summed E-state index contributed by atoms with van der Waals surface area (Å²) in [6.07, 6.45) is 9.85. The molecule has 0 aromatic heterocycles. The molecule has 19 heavy (non-hydrogen) atoms. The van der Waals surface area contributed by atoms with E-state index in [1.165, 1.54) is 44.9 Å². The fraction of sp³-hybridized carbons (Fsp3) is 1.00. The molecule has 1 rings (SSSR count). The largest absolute Gasteiger partial charge is 0.389 e. The highest BCUT2D eigenvalue weighted by Gasteiger charge is 2.40.